The van der Waals surface area contributed by atoms with Crippen LogP contribution in [0.25, 0.3) is 5.57 Å². The molecule has 7 rings (SSSR count). The number of aliphatic carboxylic acids is 2. The Morgan fingerprint density at radius 2 is 1.43 bits per heavy atom. The van der Waals surface area contributed by atoms with Gasteiger partial charge in [0.2, 0.25) is 0 Å². The number of halogens is 2. The van der Waals surface area contributed by atoms with Crippen molar-refractivity contribution in [2.45, 2.75) is 91.1 Å². The molecule has 0 bridgehead atoms. The number of piperidine rings is 2. The summed E-state index contributed by atoms with van der Waals surface area (Å²) >= 11 is 14.0. The van der Waals surface area contributed by atoms with Crippen molar-refractivity contribution >= 4 is 40.7 Å². The molecule has 0 saturated carbocycles. The van der Waals surface area contributed by atoms with Crippen LogP contribution in [0.3, 0.4) is 0 Å². The van der Waals surface area contributed by atoms with E-state index in [0.29, 0.717) is 83.0 Å². The fraction of sp³-hybridized carbons (Fsp3) is 0.400. The van der Waals surface area contributed by atoms with Crippen LogP contribution >= 0.6 is 23.2 Å². The van der Waals surface area contributed by atoms with E-state index in [0.717, 1.165) is 53.5 Å². The number of nitrogens with zero attached hydrogens (tertiary/aromatic N) is 4. The number of ether oxygens (including phenoxy) is 3. The van der Waals surface area contributed by atoms with Gasteiger partial charge in [0.05, 0.1) is 21.0 Å². The van der Waals surface area contributed by atoms with Crippen LogP contribution in [0.1, 0.15) is 84.4 Å². The fourth-order valence-electron chi connectivity index (χ4n) is 9.04. The van der Waals surface area contributed by atoms with Gasteiger partial charge in [-0.2, -0.15) is 5.26 Å². The van der Waals surface area contributed by atoms with Crippen LogP contribution in [-0.2, 0) is 29.3 Å². The molecule has 2 aliphatic heterocycles. The van der Waals surface area contributed by atoms with Crippen molar-refractivity contribution in [1.82, 2.24) is 14.8 Å². The Morgan fingerprint density at radius 3 is 2.06 bits per heavy atom. The third-order valence-electron chi connectivity index (χ3n) is 12.8. The summed E-state index contributed by atoms with van der Waals surface area (Å²) in [6, 6.07) is 18.3. The van der Waals surface area contributed by atoms with Gasteiger partial charge in [0.25, 0.3) is 0 Å². The number of hydrogen-bond donors (Lipinski definition) is 2. The lowest BCUT2D eigenvalue weighted by atomic mass is 9.69. The first-order valence-corrected chi connectivity index (χ1v) is 22.3. The molecule has 0 amide bonds. The largest absolute Gasteiger partial charge is 0.491 e. The number of carboxylic acids is 2. The molecule has 4 atom stereocenters. The highest BCUT2D eigenvalue weighted by molar-refractivity contribution is 6.32. The maximum Gasteiger partial charge on any atom is 0.320 e. The van der Waals surface area contributed by atoms with Gasteiger partial charge in [-0.3, -0.25) is 24.4 Å². The molecule has 3 aromatic carbocycles. The number of benzene rings is 3. The first kappa shape index (κ1) is 45.6. The number of rotatable bonds is 16. The lowest BCUT2D eigenvalue weighted by molar-refractivity contribution is -0.145. The van der Waals surface area contributed by atoms with Crippen molar-refractivity contribution in [3.05, 3.63) is 134 Å². The van der Waals surface area contributed by atoms with Gasteiger partial charge in [-0.25, -0.2) is 0 Å². The summed E-state index contributed by atoms with van der Waals surface area (Å²) in [4.78, 5) is 32.4. The molecule has 0 spiro atoms. The van der Waals surface area contributed by atoms with Crippen molar-refractivity contribution in [3.8, 4) is 23.3 Å². The van der Waals surface area contributed by atoms with Gasteiger partial charge >= 0.3 is 11.9 Å². The summed E-state index contributed by atoms with van der Waals surface area (Å²) in [5.74, 6) is -0.380. The van der Waals surface area contributed by atoms with Crippen molar-refractivity contribution in [1.29, 1.82) is 5.26 Å². The van der Waals surface area contributed by atoms with Crippen LogP contribution in [-0.4, -0.2) is 75.3 Å². The second-order valence-electron chi connectivity index (χ2n) is 17.1. The number of hydrogen-bond acceptors (Lipinski definition) is 9. The number of carbonyl (C=O) groups is 2. The molecule has 1 aliphatic carbocycles. The van der Waals surface area contributed by atoms with Crippen molar-refractivity contribution in [2.75, 3.05) is 26.3 Å². The second-order valence-corrected chi connectivity index (χ2v) is 17.9. The van der Waals surface area contributed by atoms with E-state index in [1.807, 2.05) is 47.1 Å². The zero-order chi connectivity index (χ0) is 44.7. The minimum atomic E-state index is -0.859. The Bertz CT molecular complexity index is 2430. The standard InChI is InChI=1S/C50H54Cl2N4O7/c1-32-11-4-5-12-39(32)40-13-10-16-50(34(40)3,30-62-46-19-33(2)37(21-41(46)51)27-55-17-8-6-14-43(55)48(57)58)31-63-47-23-45(61-29-36-20-35(24-53)25-54-26-36)38(22-42(47)52)28-56-18-9-7-15-44(56)49(59)60/h4-5,10-13,16,19-23,25-26,34,43-44H,6-9,14-15,17-18,27-31H2,1-3H3,(H,57,58)(H,59,60)/t34?,43-,44-,50?/m0/s1. The molecular formula is C50H54Cl2N4O7. The number of pyridine rings is 1. The van der Waals surface area contributed by atoms with Crippen LogP contribution < -0.4 is 14.2 Å². The van der Waals surface area contributed by atoms with E-state index in [4.69, 9.17) is 37.4 Å². The van der Waals surface area contributed by atoms with E-state index >= 15 is 0 Å². The topological polar surface area (TPSA) is 145 Å². The van der Waals surface area contributed by atoms with Gasteiger partial charge < -0.3 is 24.4 Å². The third-order valence-corrected chi connectivity index (χ3v) is 13.4. The molecule has 11 nitrogen and oxygen atoms in total. The van der Waals surface area contributed by atoms with Crippen molar-refractivity contribution in [2.24, 2.45) is 11.3 Å². The van der Waals surface area contributed by atoms with E-state index in [9.17, 15) is 25.1 Å². The van der Waals surface area contributed by atoms with Gasteiger partial charge in [-0.15, -0.1) is 0 Å². The van der Waals surface area contributed by atoms with Crippen LogP contribution in [0.5, 0.6) is 17.2 Å². The van der Waals surface area contributed by atoms with E-state index in [-0.39, 0.29) is 25.7 Å². The molecule has 0 radical (unpaired) electrons. The summed E-state index contributed by atoms with van der Waals surface area (Å²) in [5.41, 5.74) is 6.41. The number of allylic oxidation sites excluding steroid dienone is 3. The van der Waals surface area contributed by atoms with Crippen LogP contribution in [0.2, 0.25) is 10.0 Å². The summed E-state index contributed by atoms with van der Waals surface area (Å²) in [6.07, 6.45) is 14.2. The van der Waals surface area contributed by atoms with Gasteiger partial charge in [-0.1, -0.05) is 85.5 Å². The fourth-order valence-corrected chi connectivity index (χ4v) is 9.52. The smallest absolute Gasteiger partial charge is 0.320 e. The Hall–Kier alpha value is -5.38. The molecule has 3 heterocycles. The second kappa shape index (κ2) is 20.4. The van der Waals surface area contributed by atoms with Crippen molar-refractivity contribution in [3.63, 3.8) is 0 Å². The summed E-state index contributed by atoms with van der Waals surface area (Å²) in [7, 11) is 0. The molecular weight excluding hydrogens is 839 g/mol. The summed E-state index contributed by atoms with van der Waals surface area (Å²) in [5, 5.41) is 30.2. The Kier molecular flexibility index (Phi) is 14.8. The summed E-state index contributed by atoms with van der Waals surface area (Å²) in [6.45, 7) is 8.86. The predicted octanol–water partition coefficient (Wildman–Crippen LogP) is 10.1. The number of aromatic nitrogens is 1. The maximum atomic E-state index is 12.3. The number of carboxylic acid groups (broad SMARTS) is 2. The monoisotopic (exact) mass is 892 g/mol. The molecule has 13 heteroatoms. The highest BCUT2D eigenvalue weighted by atomic mass is 35.5. The third kappa shape index (κ3) is 10.7. The van der Waals surface area contributed by atoms with Gasteiger partial charge in [0.15, 0.2) is 0 Å². The minimum absolute atomic E-state index is 0.101. The Balaban J connectivity index is 1.18. The van der Waals surface area contributed by atoms with Gasteiger partial charge in [0, 0.05) is 42.7 Å². The number of nitriles is 1. The molecule has 2 N–H and O–H groups in total. The Labute approximate surface area is 379 Å². The quantitative estimate of drug-likeness (QED) is 0.111. The number of aryl methyl sites for hydroxylation is 2. The minimum Gasteiger partial charge on any atom is -0.491 e. The number of likely N-dealkylation sites (tertiary alicyclic amines) is 2. The van der Waals surface area contributed by atoms with E-state index in [1.54, 1.807) is 24.4 Å². The molecule has 3 aliphatic rings. The molecule has 330 valence electrons. The zero-order valence-corrected chi connectivity index (χ0v) is 37.5. The van der Waals surface area contributed by atoms with Gasteiger partial charge in [-0.05, 0) is 111 Å². The molecule has 1 aromatic heterocycles. The molecule has 4 aromatic rings. The Morgan fingerprint density at radius 1 is 0.810 bits per heavy atom. The highest BCUT2D eigenvalue weighted by Gasteiger charge is 2.41. The normalized spacial score (nSPS) is 21.6. The first-order chi connectivity index (χ1) is 30.4. The predicted molar refractivity (Wildman–Crippen MR) is 243 cm³/mol. The van der Waals surface area contributed by atoms with E-state index in [1.165, 1.54) is 6.20 Å². The molecule has 2 saturated heterocycles. The van der Waals surface area contributed by atoms with E-state index in [2.05, 4.69) is 49.2 Å². The maximum absolute atomic E-state index is 12.3. The average molecular weight is 894 g/mol. The lowest BCUT2D eigenvalue weighted by Crippen LogP contribution is -2.44. The van der Waals surface area contributed by atoms with Crippen LogP contribution in [0.4, 0.5) is 0 Å². The zero-order valence-electron chi connectivity index (χ0n) is 36.0. The van der Waals surface area contributed by atoms with Gasteiger partial charge in [0.1, 0.15) is 55.2 Å². The SMILES string of the molecule is Cc1cc(OCC2(COc3cc(OCc4cncc(C#N)c4)c(CN4CCCC[C@H]4C(=O)O)cc3Cl)C=CC=C(c3ccccc3C)C2C)c(Cl)cc1CN1CCCC[C@H]1C(=O)O. The molecule has 2 unspecified atom stereocenters. The highest BCUT2D eigenvalue weighted by Crippen LogP contribution is 2.45. The van der Waals surface area contributed by atoms with Crippen LogP contribution in [0, 0.1) is 36.5 Å². The lowest BCUT2D eigenvalue weighted by Gasteiger charge is -2.40. The first-order valence-electron chi connectivity index (χ1n) is 21.6. The average Bonchev–Trinajstić information content (AvgIpc) is 3.27. The molecule has 63 heavy (non-hydrogen) atoms. The molecule has 2 fully saturated rings. The van der Waals surface area contributed by atoms with E-state index < -0.39 is 29.4 Å². The van der Waals surface area contributed by atoms with Crippen molar-refractivity contribution < 1.29 is 34.0 Å². The van der Waals surface area contributed by atoms with Crippen LogP contribution in [0.15, 0.2) is 85.2 Å². The summed E-state index contributed by atoms with van der Waals surface area (Å²) < 4.78 is 19.9.